The third-order valence-corrected chi connectivity index (χ3v) is 4.73. The highest BCUT2D eigenvalue weighted by atomic mass is 16.5. The largest absolute Gasteiger partial charge is 0.484 e. The summed E-state index contributed by atoms with van der Waals surface area (Å²) in [6.07, 6.45) is 0. The summed E-state index contributed by atoms with van der Waals surface area (Å²) in [5.74, 6) is 1.79. The molecule has 0 aliphatic rings. The monoisotopic (exact) mass is 378 g/mol. The van der Waals surface area contributed by atoms with Crippen molar-refractivity contribution in [1.82, 2.24) is 10.2 Å². The Labute approximate surface area is 168 Å². The average Bonchev–Trinajstić information content (AvgIpc) is 3.07. The van der Waals surface area contributed by atoms with E-state index in [2.05, 4.69) is 69.9 Å². The Hall–Kier alpha value is -2.62. The molecule has 0 unspecified atom stereocenters. The fourth-order valence-electron chi connectivity index (χ4n) is 2.90. The molecule has 148 valence electrons. The number of rotatable bonds is 4. The summed E-state index contributed by atoms with van der Waals surface area (Å²) in [7, 11) is 0. The van der Waals surface area contributed by atoms with Crippen molar-refractivity contribution in [2.75, 3.05) is 0 Å². The van der Waals surface area contributed by atoms with Crippen LogP contribution in [0.1, 0.15) is 64.1 Å². The summed E-state index contributed by atoms with van der Waals surface area (Å²) in [4.78, 5) is 0. The van der Waals surface area contributed by atoms with Gasteiger partial charge in [-0.15, -0.1) is 10.2 Å². The first kappa shape index (κ1) is 20.1. The Kier molecular flexibility index (Phi) is 5.33. The van der Waals surface area contributed by atoms with E-state index >= 15 is 0 Å². The van der Waals surface area contributed by atoms with E-state index in [1.54, 1.807) is 0 Å². The third-order valence-electron chi connectivity index (χ3n) is 4.73. The molecule has 2 aromatic carbocycles. The van der Waals surface area contributed by atoms with Gasteiger partial charge in [-0.1, -0.05) is 59.7 Å². The van der Waals surface area contributed by atoms with Gasteiger partial charge in [-0.25, -0.2) is 0 Å². The van der Waals surface area contributed by atoms with Crippen LogP contribution in [0.2, 0.25) is 0 Å². The van der Waals surface area contributed by atoms with E-state index in [4.69, 9.17) is 9.15 Å². The minimum Gasteiger partial charge on any atom is -0.484 e. The number of aryl methyl sites for hydroxylation is 1. The van der Waals surface area contributed by atoms with Crippen LogP contribution in [0.15, 0.2) is 46.9 Å². The van der Waals surface area contributed by atoms with E-state index < -0.39 is 0 Å². The Balaban J connectivity index is 1.87. The highest BCUT2D eigenvalue weighted by Crippen LogP contribution is 2.33. The Bertz CT molecular complexity index is 927. The van der Waals surface area contributed by atoms with Crippen LogP contribution in [0.4, 0.5) is 0 Å². The van der Waals surface area contributed by atoms with Gasteiger partial charge in [-0.3, -0.25) is 0 Å². The van der Waals surface area contributed by atoms with Crippen molar-refractivity contribution < 1.29 is 9.15 Å². The van der Waals surface area contributed by atoms with E-state index in [-0.39, 0.29) is 17.4 Å². The molecule has 3 rings (SSSR count). The highest BCUT2D eigenvalue weighted by molar-refractivity contribution is 5.57. The van der Waals surface area contributed by atoms with Crippen LogP contribution in [0.25, 0.3) is 11.5 Å². The van der Waals surface area contributed by atoms with Gasteiger partial charge in [0.25, 0.3) is 5.89 Å². The predicted octanol–water partition coefficient (Wildman–Crippen LogP) is 6.22. The maximum Gasteiger partial charge on any atom is 0.254 e. The summed E-state index contributed by atoms with van der Waals surface area (Å²) in [6, 6.07) is 14.5. The molecule has 1 heterocycles. The van der Waals surface area contributed by atoms with Gasteiger partial charge in [0.05, 0.1) is 0 Å². The zero-order valence-corrected chi connectivity index (χ0v) is 18.0. The summed E-state index contributed by atoms with van der Waals surface area (Å²) < 4.78 is 11.7. The average molecular weight is 379 g/mol. The Morgan fingerprint density at radius 2 is 1.50 bits per heavy atom. The van der Waals surface area contributed by atoms with Crippen LogP contribution in [-0.2, 0) is 17.4 Å². The first-order chi connectivity index (χ1) is 13.0. The van der Waals surface area contributed by atoms with Crippen molar-refractivity contribution in [2.24, 2.45) is 0 Å². The second-order valence-corrected chi connectivity index (χ2v) is 9.41. The first-order valence-corrected chi connectivity index (χ1v) is 9.71. The lowest BCUT2D eigenvalue weighted by Gasteiger charge is -2.25. The molecule has 0 amide bonds. The zero-order chi connectivity index (χ0) is 20.5. The fourth-order valence-corrected chi connectivity index (χ4v) is 2.90. The lowest BCUT2D eigenvalue weighted by molar-refractivity contribution is 0.264. The van der Waals surface area contributed by atoms with Gasteiger partial charge in [0.2, 0.25) is 5.89 Å². The van der Waals surface area contributed by atoms with Crippen molar-refractivity contribution in [2.45, 2.75) is 65.9 Å². The number of ether oxygens (including phenoxy) is 1. The minimum absolute atomic E-state index is 0.0349. The second-order valence-electron chi connectivity index (χ2n) is 9.41. The van der Waals surface area contributed by atoms with Gasteiger partial charge in [-0.2, -0.15) is 0 Å². The maximum atomic E-state index is 5.91. The van der Waals surface area contributed by atoms with Crippen LogP contribution in [0.3, 0.4) is 0 Å². The summed E-state index contributed by atoms with van der Waals surface area (Å²) in [6.45, 7) is 15.6. The van der Waals surface area contributed by atoms with Crippen LogP contribution in [0, 0.1) is 6.92 Å². The Morgan fingerprint density at radius 3 is 2.07 bits per heavy atom. The zero-order valence-electron chi connectivity index (χ0n) is 18.0. The van der Waals surface area contributed by atoms with Crippen LogP contribution in [-0.4, -0.2) is 10.2 Å². The molecule has 0 N–H and O–H groups in total. The molecule has 1 aromatic heterocycles. The minimum atomic E-state index is 0.0349. The number of aromatic nitrogens is 2. The second kappa shape index (κ2) is 7.42. The van der Waals surface area contributed by atoms with Gasteiger partial charge in [-0.05, 0) is 58.7 Å². The maximum absolute atomic E-state index is 5.91. The molecule has 0 saturated heterocycles. The third kappa shape index (κ3) is 4.80. The number of nitrogens with zero attached hydrogens (tertiary/aromatic N) is 2. The van der Waals surface area contributed by atoms with Crippen molar-refractivity contribution in [3.05, 3.63) is 65.0 Å². The number of benzene rings is 2. The smallest absolute Gasteiger partial charge is 0.254 e. The highest BCUT2D eigenvalue weighted by Gasteiger charge is 2.22. The molecule has 28 heavy (non-hydrogen) atoms. The first-order valence-electron chi connectivity index (χ1n) is 9.71. The molecule has 0 atom stereocenters. The molecular weight excluding hydrogens is 348 g/mol. The molecule has 0 aliphatic heterocycles. The number of hydrogen-bond donors (Lipinski definition) is 0. The van der Waals surface area contributed by atoms with Crippen LogP contribution in [0.5, 0.6) is 5.75 Å². The SMILES string of the molecule is Cc1cccc(OCc2nnc(-c3cc(C(C)(C)C)cc(C(C)(C)C)c3)o2)c1. The van der Waals surface area contributed by atoms with E-state index in [0.717, 1.165) is 16.9 Å². The summed E-state index contributed by atoms with van der Waals surface area (Å²) >= 11 is 0. The molecule has 0 bridgehead atoms. The van der Waals surface area contributed by atoms with Crippen molar-refractivity contribution >= 4 is 0 Å². The summed E-state index contributed by atoms with van der Waals surface area (Å²) in [5.41, 5.74) is 4.68. The van der Waals surface area contributed by atoms with E-state index in [1.165, 1.54) is 11.1 Å². The molecule has 0 saturated carbocycles. The standard InChI is InChI=1S/C24H30N2O2/c1-16-9-8-10-20(11-16)27-15-21-25-26-22(28-21)17-12-18(23(2,3)4)14-19(13-17)24(5,6)7/h8-14H,15H2,1-7H3. The van der Waals surface area contributed by atoms with Crippen LogP contribution >= 0.6 is 0 Å². The molecule has 0 aliphatic carbocycles. The lowest BCUT2D eigenvalue weighted by Crippen LogP contribution is -2.16. The topological polar surface area (TPSA) is 48.2 Å². The van der Waals surface area contributed by atoms with E-state index in [9.17, 15) is 0 Å². The van der Waals surface area contributed by atoms with Gasteiger partial charge in [0.1, 0.15) is 5.75 Å². The molecular formula is C24H30N2O2. The molecule has 4 heteroatoms. The normalized spacial score (nSPS) is 12.2. The van der Waals surface area contributed by atoms with Crippen molar-refractivity contribution in [3.63, 3.8) is 0 Å². The van der Waals surface area contributed by atoms with Crippen LogP contribution < -0.4 is 4.74 Å². The molecule has 0 fully saturated rings. The number of hydrogen-bond acceptors (Lipinski definition) is 4. The molecule has 0 spiro atoms. The Morgan fingerprint density at radius 1 is 0.857 bits per heavy atom. The van der Waals surface area contributed by atoms with Gasteiger partial charge in [0, 0.05) is 5.56 Å². The van der Waals surface area contributed by atoms with E-state index in [0.29, 0.717) is 11.8 Å². The van der Waals surface area contributed by atoms with Gasteiger partial charge >= 0.3 is 0 Å². The van der Waals surface area contributed by atoms with Gasteiger partial charge in [0.15, 0.2) is 6.61 Å². The van der Waals surface area contributed by atoms with Crippen molar-refractivity contribution in [3.8, 4) is 17.2 Å². The molecule has 3 aromatic rings. The molecule has 4 nitrogen and oxygen atoms in total. The van der Waals surface area contributed by atoms with E-state index in [1.807, 2.05) is 31.2 Å². The molecule has 0 radical (unpaired) electrons. The fraction of sp³-hybridized carbons (Fsp3) is 0.417. The van der Waals surface area contributed by atoms with Gasteiger partial charge < -0.3 is 9.15 Å². The lowest BCUT2D eigenvalue weighted by atomic mass is 9.79. The van der Waals surface area contributed by atoms with Crippen molar-refractivity contribution in [1.29, 1.82) is 0 Å². The predicted molar refractivity (Wildman–Crippen MR) is 113 cm³/mol. The quantitative estimate of drug-likeness (QED) is 0.541. The summed E-state index contributed by atoms with van der Waals surface area (Å²) in [5, 5.41) is 8.44.